The van der Waals surface area contributed by atoms with Crippen LogP contribution in [0.3, 0.4) is 0 Å². The summed E-state index contributed by atoms with van der Waals surface area (Å²) < 4.78 is 0. The molecule has 6 nitrogen and oxygen atoms in total. The first kappa shape index (κ1) is 12.6. The largest absolute Gasteiger partial charge is 0.353 e. The first-order valence-corrected chi connectivity index (χ1v) is 6.81. The first-order valence-electron chi connectivity index (χ1n) is 6.43. The summed E-state index contributed by atoms with van der Waals surface area (Å²) in [6.45, 7) is 2.85. The van der Waals surface area contributed by atoms with Crippen LogP contribution < -0.4 is 10.2 Å². The van der Waals surface area contributed by atoms with Crippen molar-refractivity contribution < 1.29 is 4.92 Å². The molecular formula is C12H15ClN4O2. The molecule has 1 N–H and O–H groups in total. The van der Waals surface area contributed by atoms with Gasteiger partial charge in [-0.25, -0.2) is 4.98 Å². The lowest BCUT2D eigenvalue weighted by Crippen LogP contribution is -2.40. The number of anilines is 1. The van der Waals surface area contributed by atoms with Crippen LogP contribution in [0, 0.1) is 16.0 Å². The van der Waals surface area contributed by atoms with Gasteiger partial charge in [0.2, 0.25) is 0 Å². The van der Waals surface area contributed by atoms with Gasteiger partial charge < -0.3 is 10.2 Å². The number of pyridine rings is 1. The van der Waals surface area contributed by atoms with Crippen molar-refractivity contribution in [3.8, 4) is 0 Å². The van der Waals surface area contributed by atoms with Crippen LogP contribution in [-0.4, -0.2) is 35.6 Å². The second-order valence-electron chi connectivity index (χ2n) is 5.12. The average Bonchev–Trinajstić information content (AvgIpc) is 2.81. The topological polar surface area (TPSA) is 71.3 Å². The molecule has 19 heavy (non-hydrogen) atoms. The maximum atomic E-state index is 10.7. The molecule has 0 spiro atoms. The van der Waals surface area contributed by atoms with Crippen molar-refractivity contribution in [2.24, 2.45) is 5.92 Å². The van der Waals surface area contributed by atoms with Gasteiger partial charge in [0.05, 0.1) is 9.95 Å². The molecule has 1 aromatic heterocycles. The number of piperidine rings is 1. The summed E-state index contributed by atoms with van der Waals surface area (Å²) in [7, 11) is 0. The van der Waals surface area contributed by atoms with E-state index in [1.807, 2.05) is 0 Å². The number of nitrogens with one attached hydrogen (secondary N) is 1. The molecule has 2 aliphatic rings. The predicted octanol–water partition coefficient (Wildman–Crippen LogP) is 1.83. The quantitative estimate of drug-likeness (QED) is 0.662. The standard InChI is InChI=1S/C12H15ClN4O2/c13-10-4-9(17(18)19)5-15-12(10)16-6-8-2-1-3-14-11(8)7-16/h4-5,8,11,14H,1-3,6-7H2. The van der Waals surface area contributed by atoms with E-state index in [-0.39, 0.29) is 5.69 Å². The molecule has 0 radical (unpaired) electrons. The highest BCUT2D eigenvalue weighted by molar-refractivity contribution is 6.33. The Morgan fingerprint density at radius 1 is 1.53 bits per heavy atom. The van der Waals surface area contributed by atoms with Crippen LogP contribution in [0.5, 0.6) is 0 Å². The maximum Gasteiger partial charge on any atom is 0.289 e. The van der Waals surface area contributed by atoms with E-state index in [9.17, 15) is 10.1 Å². The fourth-order valence-electron chi connectivity index (χ4n) is 2.97. The summed E-state index contributed by atoms with van der Waals surface area (Å²) in [4.78, 5) is 16.5. The number of rotatable bonds is 2. The van der Waals surface area contributed by atoms with Gasteiger partial charge in [-0.2, -0.15) is 0 Å². The molecule has 7 heteroatoms. The van der Waals surface area contributed by atoms with Gasteiger partial charge in [-0.1, -0.05) is 11.6 Å². The molecule has 0 aliphatic carbocycles. The van der Waals surface area contributed by atoms with E-state index in [0.717, 1.165) is 19.6 Å². The summed E-state index contributed by atoms with van der Waals surface area (Å²) in [6, 6.07) is 1.86. The van der Waals surface area contributed by atoms with Crippen molar-refractivity contribution in [3.05, 3.63) is 27.4 Å². The number of fused-ring (bicyclic) bond motifs is 1. The summed E-state index contributed by atoms with van der Waals surface area (Å²) >= 11 is 6.12. The van der Waals surface area contributed by atoms with Crippen LogP contribution in [0.2, 0.25) is 5.02 Å². The number of halogens is 1. The fraction of sp³-hybridized carbons (Fsp3) is 0.583. The smallest absolute Gasteiger partial charge is 0.289 e. The predicted molar refractivity (Wildman–Crippen MR) is 72.6 cm³/mol. The van der Waals surface area contributed by atoms with Gasteiger partial charge in [0, 0.05) is 25.2 Å². The Bertz CT molecular complexity index is 497. The Labute approximate surface area is 115 Å². The lowest BCUT2D eigenvalue weighted by molar-refractivity contribution is -0.385. The molecule has 2 fully saturated rings. The molecule has 2 saturated heterocycles. The van der Waals surface area contributed by atoms with Gasteiger partial charge in [-0.05, 0) is 25.3 Å². The third kappa shape index (κ3) is 2.37. The molecule has 1 aromatic rings. The molecular weight excluding hydrogens is 268 g/mol. The molecule has 0 amide bonds. The second kappa shape index (κ2) is 4.94. The maximum absolute atomic E-state index is 10.7. The zero-order chi connectivity index (χ0) is 13.4. The average molecular weight is 283 g/mol. The van der Waals surface area contributed by atoms with Crippen LogP contribution in [-0.2, 0) is 0 Å². The molecule has 0 saturated carbocycles. The van der Waals surface area contributed by atoms with Gasteiger partial charge in [0.1, 0.15) is 12.0 Å². The number of hydrogen-bond acceptors (Lipinski definition) is 5. The minimum Gasteiger partial charge on any atom is -0.353 e. The third-order valence-electron chi connectivity index (χ3n) is 3.92. The summed E-state index contributed by atoms with van der Waals surface area (Å²) in [5, 5.41) is 14.5. The summed E-state index contributed by atoms with van der Waals surface area (Å²) in [5.74, 6) is 1.28. The molecule has 2 atom stereocenters. The van der Waals surface area contributed by atoms with Crippen molar-refractivity contribution in [2.75, 3.05) is 24.5 Å². The van der Waals surface area contributed by atoms with E-state index >= 15 is 0 Å². The number of aromatic nitrogens is 1. The van der Waals surface area contributed by atoms with E-state index in [1.165, 1.54) is 25.1 Å². The lowest BCUT2D eigenvalue weighted by Gasteiger charge is -2.24. The van der Waals surface area contributed by atoms with E-state index in [0.29, 0.717) is 22.8 Å². The molecule has 102 valence electrons. The van der Waals surface area contributed by atoms with E-state index in [2.05, 4.69) is 15.2 Å². The lowest BCUT2D eigenvalue weighted by atomic mass is 9.94. The monoisotopic (exact) mass is 282 g/mol. The normalized spacial score (nSPS) is 26.3. The molecule has 2 unspecified atom stereocenters. The molecule has 3 heterocycles. The van der Waals surface area contributed by atoms with Gasteiger partial charge in [-0.15, -0.1) is 0 Å². The molecule has 0 bridgehead atoms. The number of nitrogens with zero attached hydrogens (tertiary/aromatic N) is 3. The first-order chi connectivity index (χ1) is 9.15. The third-order valence-corrected chi connectivity index (χ3v) is 4.20. The summed E-state index contributed by atoms with van der Waals surface area (Å²) in [5.41, 5.74) is -0.0662. The Kier molecular flexibility index (Phi) is 3.28. The highest BCUT2D eigenvalue weighted by atomic mass is 35.5. The van der Waals surface area contributed by atoms with Crippen molar-refractivity contribution >= 4 is 23.1 Å². The van der Waals surface area contributed by atoms with Gasteiger partial charge >= 0.3 is 0 Å². The van der Waals surface area contributed by atoms with Crippen LogP contribution in [0.25, 0.3) is 0 Å². The molecule has 3 rings (SSSR count). The van der Waals surface area contributed by atoms with E-state index in [4.69, 9.17) is 11.6 Å². The van der Waals surface area contributed by atoms with Crippen molar-refractivity contribution in [1.29, 1.82) is 0 Å². The fourth-order valence-corrected chi connectivity index (χ4v) is 3.25. The highest BCUT2D eigenvalue weighted by Gasteiger charge is 2.35. The van der Waals surface area contributed by atoms with Gasteiger partial charge in [0.15, 0.2) is 0 Å². The highest BCUT2D eigenvalue weighted by Crippen LogP contribution is 2.33. The Hall–Kier alpha value is -1.40. The zero-order valence-electron chi connectivity index (χ0n) is 10.4. The van der Waals surface area contributed by atoms with Crippen LogP contribution >= 0.6 is 11.6 Å². The second-order valence-corrected chi connectivity index (χ2v) is 5.53. The minimum absolute atomic E-state index is 0.0662. The summed E-state index contributed by atoms with van der Waals surface area (Å²) in [6.07, 6.45) is 3.70. The van der Waals surface area contributed by atoms with Crippen LogP contribution in [0.1, 0.15) is 12.8 Å². The Morgan fingerprint density at radius 2 is 2.37 bits per heavy atom. The number of nitro groups is 1. The van der Waals surface area contributed by atoms with E-state index < -0.39 is 4.92 Å². The van der Waals surface area contributed by atoms with Crippen molar-refractivity contribution in [2.45, 2.75) is 18.9 Å². The Balaban J connectivity index is 1.81. The van der Waals surface area contributed by atoms with E-state index in [1.54, 1.807) is 0 Å². The van der Waals surface area contributed by atoms with Gasteiger partial charge in [-0.3, -0.25) is 10.1 Å². The minimum atomic E-state index is -0.478. The van der Waals surface area contributed by atoms with Crippen LogP contribution in [0.15, 0.2) is 12.3 Å². The van der Waals surface area contributed by atoms with Gasteiger partial charge in [0.25, 0.3) is 5.69 Å². The molecule has 2 aliphatic heterocycles. The molecule has 0 aromatic carbocycles. The zero-order valence-corrected chi connectivity index (χ0v) is 11.1. The van der Waals surface area contributed by atoms with Crippen LogP contribution in [0.4, 0.5) is 11.5 Å². The number of hydrogen-bond donors (Lipinski definition) is 1. The Morgan fingerprint density at radius 3 is 3.05 bits per heavy atom. The SMILES string of the molecule is O=[N+]([O-])c1cnc(N2CC3CCCNC3C2)c(Cl)c1. The van der Waals surface area contributed by atoms with Crippen molar-refractivity contribution in [3.63, 3.8) is 0 Å². The van der Waals surface area contributed by atoms with Crippen molar-refractivity contribution in [1.82, 2.24) is 10.3 Å².